The Kier molecular flexibility index (Phi) is 6.58. The summed E-state index contributed by atoms with van der Waals surface area (Å²) in [5.74, 6) is -1.77. The van der Waals surface area contributed by atoms with E-state index in [2.05, 4.69) is 6.58 Å². The van der Waals surface area contributed by atoms with Gasteiger partial charge in [-0.2, -0.15) is 5.10 Å². The molecule has 0 spiro atoms. The van der Waals surface area contributed by atoms with Gasteiger partial charge >= 0.3 is 0 Å². The summed E-state index contributed by atoms with van der Waals surface area (Å²) in [7, 11) is 3.13. The molecular formula is C33H27F2N5O3S. The third kappa shape index (κ3) is 4.29. The number of ether oxygens (including phenoxy) is 1. The molecule has 8 nitrogen and oxygen atoms in total. The van der Waals surface area contributed by atoms with E-state index >= 15 is 4.39 Å². The van der Waals surface area contributed by atoms with E-state index in [9.17, 15) is 14.0 Å². The number of thiophene rings is 1. The van der Waals surface area contributed by atoms with Crippen molar-refractivity contribution in [2.45, 2.75) is 26.1 Å². The minimum Gasteiger partial charge on any atom is -0.496 e. The van der Waals surface area contributed by atoms with E-state index in [1.165, 1.54) is 24.5 Å². The summed E-state index contributed by atoms with van der Waals surface area (Å²) in [6.45, 7) is 6.89. The average molecular weight is 612 g/mol. The molecule has 2 aliphatic rings. The lowest BCUT2D eigenvalue weighted by Crippen LogP contribution is -2.39. The molecule has 0 saturated heterocycles. The SMILES string of the molecule is C=CC(=O)N1Cc2cc(-c3nc(-c4ccc5c(c4)C(=O)N(C)C5)c4ccsc4c3-c3c(F)cc(F)cc3OC)nn2[C@@H](C)C1. The maximum Gasteiger partial charge on any atom is 0.254 e. The number of benzene rings is 2. The summed E-state index contributed by atoms with van der Waals surface area (Å²) in [5, 5.41) is 7.55. The molecule has 0 aliphatic carbocycles. The van der Waals surface area contributed by atoms with Crippen molar-refractivity contribution in [3.8, 4) is 39.5 Å². The Morgan fingerprint density at radius 1 is 1.11 bits per heavy atom. The molecule has 2 amide bonds. The number of carbonyl (C=O) groups excluding carboxylic acids is 2. The molecule has 0 fully saturated rings. The Morgan fingerprint density at radius 2 is 1.93 bits per heavy atom. The van der Waals surface area contributed by atoms with Gasteiger partial charge in [-0.15, -0.1) is 11.3 Å². The van der Waals surface area contributed by atoms with Gasteiger partial charge in [0.25, 0.3) is 5.91 Å². The second-order valence-corrected chi connectivity index (χ2v) is 12.0. The predicted molar refractivity (Wildman–Crippen MR) is 164 cm³/mol. The highest BCUT2D eigenvalue weighted by atomic mass is 32.1. The Morgan fingerprint density at radius 3 is 2.70 bits per heavy atom. The van der Waals surface area contributed by atoms with Gasteiger partial charge in [-0.05, 0) is 42.1 Å². The summed E-state index contributed by atoms with van der Waals surface area (Å²) >= 11 is 1.40. The first-order valence-electron chi connectivity index (χ1n) is 14.0. The zero-order valence-corrected chi connectivity index (χ0v) is 25.0. The Hall–Kier alpha value is -4.90. The summed E-state index contributed by atoms with van der Waals surface area (Å²) in [5.41, 5.74) is 5.01. The van der Waals surface area contributed by atoms with Crippen LogP contribution >= 0.6 is 11.3 Å². The zero-order chi connectivity index (χ0) is 30.9. The molecule has 222 valence electrons. The molecular weight excluding hydrogens is 584 g/mol. The van der Waals surface area contributed by atoms with Gasteiger partial charge in [-0.1, -0.05) is 18.7 Å². The van der Waals surface area contributed by atoms with Gasteiger partial charge in [0.1, 0.15) is 28.8 Å². The van der Waals surface area contributed by atoms with Crippen molar-refractivity contribution in [1.29, 1.82) is 0 Å². The van der Waals surface area contributed by atoms with E-state index in [1.54, 1.807) is 16.8 Å². The van der Waals surface area contributed by atoms with Crippen LogP contribution in [0.3, 0.4) is 0 Å². The molecule has 0 unspecified atom stereocenters. The standard InChI is InChI=1S/C33H27F2N5O3S/c1-5-27(41)39-14-17(2)40-21(16-39)13-25(37-40)31-29(28-24(35)11-20(34)12-26(28)43-4)32-22(8-9-44-32)30(36-31)18-6-7-19-15-38(3)33(42)23(19)10-18/h5-13,17H,1,14-16H2,2-4H3/t17-/m0/s1. The summed E-state index contributed by atoms with van der Waals surface area (Å²) in [4.78, 5) is 33.8. The monoisotopic (exact) mass is 611 g/mol. The van der Waals surface area contributed by atoms with Crippen LogP contribution in [0.1, 0.15) is 34.6 Å². The normalized spacial score (nSPS) is 15.9. The lowest BCUT2D eigenvalue weighted by molar-refractivity contribution is -0.127. The number of carbonyl (C=O) groups is 2. The molecule has 7 rings (SSSR count). The van der Waals surface area contributed by atoms with Gasteiger partial charge < -0.3 is 14.5 Å². The van der Waals surface area contributed by atoms with E-state index in [0.29, 0.717) is 52.5 Å². The molecule has 0 saturated carbocycles. The number of fused-ring (bicyclic) bond motifs is 3. The summed E-state index contributed by atoms with van der Waals surface area (Å²) in [6.07, 6.45) is 1.29. The van der Waals surface area contributed by atoms with Gasteiger partial charge in [0.15, 0.2) is 0 Å². The number of halogens is 2. The number of amides is 2. The van der Waals surface area contributed by atoms with E-state index < -0.39 is 11.6 Å². The molecule has 44 heavy (non-hydrogen) atoms. The van der Waals surface area contributed by atoms with Gasteiger partial charge in [0, 0.05) is 59.0 Å². The quantitative estimate of drug-likeness (QED) is 0.213. The van der Waals surface area contributed by atoms with Crippen molar-refractivity contribution < 1.29 is 23.1 Å². The first-order valence-corrected chi connectivity index (χ1v) is 14.9. The minimum absolute atomic E-state index is 0.0271. The third-order valence-electron chi connectivity index (χ3n) is 8.26. The van der Waals surface area contributed by atoms with Crippen molar-refractivity contribution in [3.05, 3.63) is 89.0 Å². The lowest BCUT2D eigenvalue weighted by atomic mass is 9.95. The summed E-state index contributed by atoms with van der Waals surface area (Å²) in [6, 6.07) is 11.3. The molecule has 0 bridgehead atoms. The maximum absolute atomic E-state index is 15.8. The highest BCUT2D eigenvalue weighted by molar-refractivity contribution is 7.18. The van der Waals surface area contributed by atoms with Crippen molar-refractivity contribution in [3.63, 3.8) is 0 Å². The van der Waals surface area contributed by atoms with Crippen LogP contribution in [0, 0.1) is 11.6 Å². The molecule has 2 aliphatic heterocycles. The maximum atomic E-state index is 15.8. The van der Waals surface area contributed by atoms with Crippen LogP contribution in [-0.2, 0) is 17.9 Å². The van der Waals surface area contributed by atoms with Crippen LogP contribution in [-0.4, -0.2) is 57.1 Å². The van der Waals surface area contributed by atoms with Crippen molar-refractivity contribution in [2.24, 2.45) is 0 Å². The fourth-order valence-electron chi connectivity index (χ4n) is 6.21. The van der Waals surface area contributed by atoms with Crippen molar-refractivity contribution in [1.82, 2.24) is 24.6 Å². The Labute approximate surface area is 255 Å². The number of nitrogens with zero attached hydrogens (tertiary/aromatic N) is 5. The third-order valence-corrected chi connectivity index (χ3v) is 9.19. The van der Waals surface area contributed by atoms with Gasteiger partial charge in [-0.25, -0.2) is 13.8 Å². The smallest absolute Gasteiger partial charge is 0.254 e. The lowest BCUT2D eigenvalue weighted by Gasteiger charge is -2.31. The molecule has 0 radical (unpaired) electrons. The van der Waals surface area contributed by atoms with Crippen molar-refractivity contribution in [2.75, 3.05) is 20.7 Å². The molecule has 5 heterocycles. The van der Waals surface area contributed by atoms with E-state index in [-0.39, 0.29) is 29.2 Å². The summed E-state index contributed by atoms with van der Waals surface area (Å²) < 4.78 is 38.2. The largest absolute Gasteiger partial charge is 0.496 e. The average Bonchev–Trinajstić information content (AvgIpc) is 3.74. The van der Waals surface area contributed by atoms with Gasteiger partial charge in [0.05, 0.1) is 36.6 Å². The predicted octanol–water partition coefficient (Wildman–Crippen LogP) is 6.46. The first-order chi connectivity index (χ1) is 21.2. The topological polar surface area (TPSA) is 80.6 Å². The number of pyridine rings is 1. The Bertz CT molecular complexity index is 2030. The van der Waals surface area contributed by atoms with Crippen LogP contribution in [0.4, 0.5) is 8.78 Å². The van der Waals surface area contributed by atoms with E-state index in [0.717, 1.165) is 34.3 Å². The molecule has 1 atom stereocenters. The molecule has 11 heteroatoms. The number of methoxy groups -OCH3 is 1. The fourth-order valence-corrected chi connectivity index (χ4v) is 7.16. The second kappa shape index (κ2) is 10.4. The van der Waals surface area contributed by atoms with Crippen LogP contribution < -0.4 is 4.74 Å². The molecule has 0 N–H and O–H groups in total. The van der Waals surface area contributed by atoms with Crippen LogP contribution in [0.5, 0.6) is 5.75 Å². The fraction of sp³-hybridized carbons (Fsp3) is 0.212. The molecule has 2 aromatic carbocycles. The van der Waals surface area contributed by atoms with Crippen LogP contribution in [0.2, 0.25) is 0 Å². The van der Waals surface area contributed by atoms with Crippen molar-refractivity contribution >= 4 is 33.2 Å². The molecule has 5 aromatic rings. The number of hydrogen-bond acceptors (Lipinski definition) is 6. The highest BCUT2D eigenvalue weighted by Gasteiger charge is 2.31. The minimum atomic E-state index is -0.793. The molecule has 3 aromatic heterocycles. The zero-order valence-electron chi connectivity index (χ0n) is 24.2. The van der Waals surface area contributed by atoms with E-state index in [1.807, 2.05) is 47.3 Å². The van der Waals surface area contributed by atoms with Crippen LogP contribution in [0.25, 0.3) is 43.9 Å². The number of aromatic nitrogens is 3. The highest BCUT2D eigenvalue weighted by Crippen LogP contribution is 2.47. The first kappa shape index (κ1) is 27.9. The van der Waals surface area contributed by atoms with Crippen LogP contribution in [0.15, 0.2) is 60.5 Å². The second-order valence-electron chi connectivity index (χ2n) is 11.1. The number of hydrogen-bond donors (Lipinski definition) is 0. The number of rotatable bonds is 5. The van der Waals surface area contributed by atoms with E-state index in [4.69, 9.17) is 14.8 Å². The Balaban J connectivity index is 1.51. The van der Waals surface area contributed by atoms with Gasteiger partial charge in [0.2, 0.25) is 5.91 Å². The van der Waals surface area contributed by atoms with Gasteiger partial charge in [-0.3, -0.25) is 14.3 Å².